The lowest BCUT2D eigenvalue weighted by molar-refractivity contribution is 0.0650. The maximum Gasteiger partial charge on any atom is 0.0588 e. The number of nitrogens with one attached hydrogen (secondary N) is 1. The number of nitrogens with zero attached hydrogens (tertiary/aromatic N) is 1. The third-order valence-electron chi connectivity index (χ3n) is 4.96. The van der Waals surface area contributed by atoms with Gasteiger partial charge in [0.15, 0.2) is 0 Å². The highest BCUT2D eigenvalue weighted by molar-refractivity contribution is 4.95. The molecule has 1 saturated carbocycles. The molecule has 1 aliphatic carbocycles. The van der Waals surface area contributed by atoms with Crippen molar-refractivity contribution in [1.29, 1.82) is 0 Å². The maximum absolute atomic E-state index is 5.77. The second-order valence-electron chi connectivity index (χ2n) is 6.34. The van der Waals surface area contributed by atoms with Gasteiger partial charge in [0, 0.05) is 38.3 Å². The van der Waals surface area contributed by atoms with Gasteiger partial charge in [-0.1, -0.05) is 6.92 Å². The van der Waals surface area contributed by atoms with Crippen LogP contribution in [0.25, 0.3) is 0 Å². The molecule has 3 atom stereocenters. The third kappa shape index (κ3) is 3.06. The van der Waals surface area contributed by atoms with Crippen LogP contribution < -0.4 is 5.32 Å². The van der Waals surface area contributed by atoms with Crippen LogP contribution in [-0.2, 0) is 4.74 Å². The van der Waals surface area contributed by atoms with E-state index in [0.717, 1.165) is 18.6 Å². The molecular weight excluding hydrogens is 224 g/mol. The molecule has 0 aromatic heterocycles. The second-order valence-corrected chi connectivity index (χ2v) is 6.34. The average molecular weight is 252 g/mol. The van der Waals surface area contributed by atoms with Gasteiger partial charge < -0.3 is 10.1 Å². The molecular formula is C15H28N2O. The number of hydrogen-bond acceptors (Lipinski definition) is 3. The lowest BCUT2D eigenvalue weighted by Crippen LogP contribution is -2.57. The zero-order chi connectivity index (χ0) is 12.4. The summed E-state index contributed by atoms with van der Waals surface area (Å²) in [7, 11) is 0. The largest absolute Gasteiger partial charge is 0.378 e. The van der Waals surface area contributed by atoms with Crippen LogP contribution in [-0.4, -0.2) is 49.3 Å². The van der Waals surface area contributed by atoms with Gasteiger partial charge >= 0.3 is 0 Å². The Morgan fingerprint density at radius 1 is 1.28 bits per heavy atom. The van der Waals surface area contributed by atoms with Gasteiger partial charge in [-0.3, -0.25) is 4.90 Å². The van der Waals surface area contributed by atoms with Crippen LogP contribution in [0.4, 0.5) is 0 Å². The summed E-state index contributed by atoms with van der Waals surface area (Å²) in [5.74, 6) is 0.986. The van der Waals surface area contributed by atoms with Gasteiger partial charge in [-0.2, -0.15) is 0 Å². The number of hydrogen-bond donors (Lipinski definition) is 1. The second kappa shape index (κ2) is 5.89. The van der Waals surface area contributed by atoms with Crippen LogP contribution in [0, 0.1) is 5.92 Å². The van der Waals surface area contributed by atoms with Crippen molar-refractivity contribution >= 4 is 0 Å². The van der Waals surface area contributed by atoms with Crippen LogP contribution in [0.1, 0.15) is 45.4 Å². The van der Waals surface area contributed by atoms with E-state index >= 15 is 0 Å². The highest BCUT2D eigenvalue weighted by Gasteiger charge is 2.38. The molecule has 0 spiro atoms. The topological polar surface area (TPSA) is 24.5 Å². The summed E-state index contributed by atoms with van der Waals surface area (Å²) in [6.45, 7) is 7.02. The quantitative estimate of drug-likeness (QED) is 0.810. The first-order valence-corrected chi connectivity index (χ1v) is 7.96. The third-order valence-corrected chi connectivity index (χ3v) is 4.96. The number of ether oxygens (including phenoxy) is 1. The Hall–Kier alpha value is -0.120. The molecule has 2 aliphatic heterocycles. The minimum Gasteiger partial charge on any atom is -0.378 e. The smallest absolute Gasteiger partial charge is 0.0588 e. The lowest BCUT2D eigenvalue weighted by atomic mass is 10.0. The highest BCUT2D eigenvalue weighted by atomic mass is 16.5. The fraction of sp³-hybridized carbons (Fsp3) is 1.00. The molecule has 3 heteroatoms. The van der Waals surface area contributed by atoms with Crippen LogP contribution >= 0.6 is 0 Å². The van der Waals surface area contributed by atoms with Crippen molar-refractivity contribution < 1.29 is 4.74 Å². The van der Waals surface area contributed by atoms with E-state index < -0.39 is 0 Å². The maximum atomic E-state index is 5.77. The predicted octanol–water partition coefficient (Wildman–Crippen LogP) is 2.02. The summed E-state index contributed by atoms with van der Waals surface area (Å²) in [5.41, 5.74) is 0. The Bertz CT molecular complexity index is 261. The molecule has 0 amide bonds. The Labute approximate surface area is 111 Å². The van der Waals surface area contributed by atoms with E-state index in [2.05, 4.69) is 17.1 Å². The van der Waals surface area contributed by atoms with E-state index in [1.807, 2.05) is 0 Å². The molecule has 2 heterocycles. The van der Waals surface area contributed by atoms with Crippen molar-refractivity contribution in [3.63, 3.8) is 0 Å². The lowest BCUT2D eigenvalue weighted by Gasteiger charge is -2.41. The first-order chi connectivity index (χ1) is 8.86. The van der Waals surface area contributed by atoms with Crippen molar-refractivity contribution in [2.75, 3.05) is 26.2 Å². The number of piperazine rings is 1. The Morgan fingerprint density at radius 3 is 2.83 bits per heavy atom. The van der Waals surface area contributed by atoms with Crippen molar-refractivity contribution in [2.45, 2.75) is 63.6 Å². The van der Waals surface area contributed by atoms with E-state index in [-0.39, 0.29) is 0 Å². The molecule has 0 bridgehead atoms. The minimum absolute atomic E-state index is 0.555. The molecule has 3 fully saturated rings. The summed E-state index contributed by atoms with van der Waals surface area (Å²) < 4.78 is 5.77. The van der Waals surface area contributed by atoms with Gasteiger partial charge in [0.25, 0.3) is 0 Å². The molecule has 104 valence electrons. The molecule has 3 rings (SSSR count). The van der Waals surface area contributed by atoms with Crippen molar-refractivity contribution in [2.24, 2.45) is 5.92 Å². The molecule has 0 radical (unpaired) electrons. The van der Waals surface area contributed by atoms with Crippen molar-refractivity contribution in [3.8, 4) is 0 Å². The normalized spacial score (nSPS) is 38.2. The van der Waals surface area contributed by atoms with Crippen molar-refractivity contribution in [1.82, 2.24) is 10.2 Å². The van der Waals surface area contributed by atoms with Gasteiger partial charge in [0.1, 0.15) is 0 Å². The SMILES string of the molecule is CCC1CN(CCC2CCCO2)C(C2CC2)CN1. The van der Waals surface area contributed by atoms with E-state index in [9.17, 15) is 0 Å². The first kappa shape index (κ1) is 12.9. The molecule has 0 aromatic carbocycles. The van der Waals surface area contributed by atoms with Gasteiger partial charge in [-0.25, -0.2) is 0 Å². The van der Waals surface area contributed by atoms with Gasteiger partial charge in [0.05, 0.1) is 6.10 Å². The van der Waals surface area contributed by atoms with Crippen LogP contribution in [0.2, 0.25) is 0 Å². The predicted molar refractivity (Wildman–Crippen MR) is 73.8 cm³/mol. The van der Waals surface area contributed by atoms with Gasteiger partial charge in [-0.15, -0.1) is 0 Å². The highest BCUT2D eigenvalue weighted by Crippen LogP contribution is 2.36. The molecule has 3 aliphatic rings. The number of rotatable bonds is 5. The standard InChI is InChI=1S/C15H28N2O/c1-2-13-11-17(8-7-14-4-3-9-18-14)15(10-16-13)12-5-6-12/h12-16H,2-11H2,1H3. The Morgan fingerprint density at radius 2 is 2.17 bits per heavy atom. The summed E-state index contributed by atoms with van der Waals surface area (Å²) in [6, 6.07) is 1.53. The molecule has 3 unspecified atom stereocenters. The molecule has 1 N–H and O–H groups in total. The van der Waals surface area contributed by atoms with Crippen LogP contribution in [0.15, 0.2) is 0 Å². The Balaban J connectivity index is 1.51. The zero-order valence-electron chi connectivity index (χ0n) is 11.7. The molecule has 3 nitrogen and oxygen atoms in total. The van der Waals surface area contributed by atoms with E-state index in [1.165, 1.54) is 58.2 Å². The monoisotopic (exact) mass is 252 g/mol. The zero-order valence-corrected chi connectivity index (χ0v) is 11.7. The fourth-order valence-corrected chi connectivity index (χ4v) is 3.56. The molecule has 18 heavy (non-hydrogen) atoms. The molecule has 2 saturated heterocycles. The molecule has 0 aromatic rings. The minimum atomic E-state index is 0.555. The first-order valence-electron chi connectivity index (χ1n) is 7.96. The summed E-state index contributed by atoms with van der Waals surface area (Å²) in [4.78, 5) is 2.77. The summed E-state index contributed by atoms with van der Waals surface area (Å²) in [5, 5.41) is 3.73. The van der Waals surface area contributed by atoms with E-state index in [0.29, 0.717) is 12.1 Å². The fourth-order valence-electron chi connectivity index (χ4n) is 3.56. The summed E-state index contributed by atoms with van der Waals surface area (Å²) >= 11 is 0. The Kier molecular flexibility index (Phi) is 4.22. The van der Waals surface area contributed by atoms with Gasteiger partial charge in [-0.05, 0) is 44.4 Å². The van der Waals surface area contributed by atoms with E-state index in [4.69, 9.17) is 4.74 Å². The van der Waals surface area contributed by atoms with Crippen molar-refractivity contribution in [3.05, 3.63) is 0 Å². The average Bonchev–Trinajstić information content (AvgIpc) is 3.12. The van der Waals surface area contributed by atoms with E-state index in [1.54, 1.807) is 0 Å². The van der Waals surface area contributed by atoms with Crippen LogP contribution in [0.5, 0.6) is 0 Å². The van der Waals surface area contributed by atoms with Crippen LogP contribution in [0.3, 0.4) is 0 Å². The summed E-state index contributed by atoms with van der Waals surface area (Å²) in [6.07, 6.45) is 8.54. The van der Waals surface area contributed by atoms with Gasteiger partial charge in [0.2, 0.25) is 0 Å².